The fourth-order valence-corrected chi connectivity index (χ4v) is 3.31. The number of carbonyl (C=O) groups is 2. The molecular weight excluding hydrogens is 416 g/mol. The number of nitrogens with one attached hydrogen (secondary N) is 2. The molecule has 0 fully saturated rings. The van der Waals surface area contributed by atoms with Crippen LogP contribution in [-0.2, 0) is 20.8 Å². The summed E-state index contributed by atoms with van der Waals surface area (Å²) in [5.41, 5.74) is 2.48. The Morgan fingerprint density at radius 1 is 1.16 bits per heavy atom. The van der Waals surface area contributed by atoms with E-state index in [-0.39, 0.29) is 11.8 Å². The molecule has 31 heavy (non-hydrogen) atoms. The van der Waals surface area contributed by atoms with Crippen molar-refractivity contribution in [1.82, 2.24) is 15.5 Å². The first-order chi connectivity index (χ1) is 14.9. The van der Waals surface area contributed by atoms with E-state index in [4.69, 9.17) is 16.4 Å². The van der Waals surface area contributed by atoms with Crippen LogP contribution in [0.4, 0.5) is 0 Å². The molecule has 2 N–H and O–H groups in total. The fourth-order valence-electron chi connectivity index (χ4n) is 3.18. The van der Waals surface area contributed by atoms with Crippen molar-refractivity contribution in [2.45, 2.75) is 25.0 Å². The highest BCUT2D eigenvalue weighted by Gasteiger charge is 2.32. The van der Waals surface area contributed by atoms with Gasteiger partial charge in [0, 0.05) is 31.0 Å². The van der Waals surface area contributed by atoms with Gasteiger partial charge in [0.2, 0.25) is 12.0 Å². The average Bonchev–Trinajstić information content (AvgIpc) is 3.24. The van der Waals surface area contributed by atoms with E-state index >= 15 is 0 Å². The molecule has 2 aromatic rings. The average molecular weight is 443 g/mol. The van der Waals surface area contributed by atoms with Gasteiger partial charge in [0.15, 0.2) is 0 Å². The number of carbonyl (C=O) groups excluding carboxylic acids is 2. The Morgan fingerprint density at radius 3 is 2.55 bits per heavy atom. The van der Waals surface area contributed by atoms with Crippen molar-refractivity contribution in [3.8, 4) is 0 Å². The van der Waals surface area contributed by atoms with Crippen molar-refractivity contribution in [2.24, 2.45) is 5.16 Å². The fraction of sp³-hybridized carbons (Fsp3) is 0.348. The standard InChI is InChI=1S/C23H27ClN4O3/c1-28(2)13-12-25-22(29)20(14-16-6-4-3-5-7-16)26-23(30)21-15-19(27-31-21)17-8-10-18(24)11-9-17/h3-11,20-21H,12-15H2,1-2H3,(H,25,29)(H,26,30). The molecule has 8 heteroatoms. The molecule has 2 amide bonds. The van der Waals surface area contributed by atoms with Crippen molar-refractivity contribution in [3.63, 3.8) is 0 Å². The van der Waals surface area contributed by atoms with E-state index in [1.807, 2.05) is 61.5 Å². The Kier molecular flexibility index (Phi) is 8.03. The van der Waals surface area contributed by atoms with Crippen LogP contribution in [-0.4, -0.2) is 61.8 Å². The Hall–Kier alpha value is -2.90. The summed E-state index contributed by atoms with van der Waals surface area (Å²) < 4.78 is 0. The number of amides is 2. The molecule has 3 rings (SSSR count). The van der Waals surface area contributed by atoms with Crippen LogP contribution in [0, 0.1) is 0 Å². The molecule has 1 aliphatic heterocycles. The predicted molar refractivity (Wildman–Crippen MR) is 121 cm³/mol. The molecule has 0 bridgehead atoms. The maximum absolute atomic E-state index is 12.8. The van der Waals surface area contributed by atoms with Gasteiger partial charge in [0.1, 0.15) is 6.04 Å². The molecule has 7 nitrogen and oxygen atoms in total. The van der Waals surface area contributed by atoms with Gasteiger partial charge in [-0.1, -0.05) is 59.2 Å². The molecule has 2 unspecified atom stereocenters. The second-order valence-corrected chi connectivity index (χ2v) is 8.12. The SMILES string of the molecule is CN(C)CCNC(=O)C(Cc1ccccc1)NC(=O)C1CC(c2ccc(Cl)cc2)=NO1. The summed E-state index contributed by atoms with van der Waals surface area (Å²) in [6.45, 7) is 1.21. The Labute approximate surface area is 187 Å². The molecular formula is C23H27ClN4O3. The third-order valence-corrected chi connectivity index (χ3v) is 5.16. The minimum atomic E-state index is -0.779. The van der Waals surface area contributed by atoms with Gasteiger partial charge in [-0.25, -0.2) is 0 Å². The van der Waals surface area contributed by atoms with Gasteiger partial charge in [-0.3, -0.25) is 9.59 Å². The molecule has 1 heterocycles. The van der Waals surface area contributed by atoms with Crippen molar-refractivity contribution in [1.29, 1.82) is 0 Å². The van der Waals surface area contributed by atoms with E-state index in [1.165, 1.54) is 0 Å². The Bertz CT molecular complexity index is 916. The normalized spacial score (nSPS) is 16.4. The van der Waals surface area contributed by atoms with E-state index in [0.29, 0.717) is 36.7 Å². The predicted octanol–water partition coefficient (Wildman–Crippen LogP) is 2.24. The zero-order valence-electron chi connectivity index (χ0n) is 17.7. The third kappa shape index (κ3) is 6.80. The monoisotopic (exact) mass is 442 g/mol. The van der Waals surface area contributed by atoms with E-state index in [9.17, 15) is 9.59 Å². The first-order valence-corrected chi connectivity index (χ1v) is 10.6. The molecule has 1 aliphatic rings. The van der Waals surface area contributed by atoms with Gasteiger partial charge in [-0.2, -0.15) is 0 Å². The lowest BCUT2D eigenvalue weighted by Crippen LogP contribution is -2.51. The van der Waals surface area contributed by atoms with Crippen LogP contribution in [0.1, 0.15) is 17.5 Å². The van der Waals surface area contributed by atoms with Crippen molar-refractivity contribution in [2.75, 3.05) is 27.2 Å². The van der Waals surface area contributed by atoms with E-state index in [0.717, 1.165) is 11.1 Å². The Balaban J connectivity index is 1.62. The number of halogens is 1. The number of nitrogens with zero attached hydrogens (tertiary/aromatic N) is 2. The van der Waals surface area contributed by atoms with E-state index in [1.54, 1.807) is 12.1 Å². The molecule has 0 aliphatic carbocycles. The second-order valence-electron chi connectivity index (χ2n) is 7.69. The second kappa shape index (κ2) is 10.9. The summed E-state index contributed by atoms with van der Waals surface area (Å²) in [5, 5.41) is 10.4. The van der Waals surface area contributed by atoms with Crippen LogP contribution in [0.25, 0.3) is 0 Å². The third-order valence-electron chi connectivity index (χ3n) is 4.91. The minimum Gasteiger partial charge on any atom is -0.382 e. The molecule has 0 spiro atoms. The van der Waals surface area contributed by atoms with Crippen LogP contribution in [0.2, 0.25) is 5.02 Å². The highest BCUT2D eigenvalue weighted by Crippen LogP contribution is 2.19. The van der Waals surface area contributed by atoms with Gasteiger partial charge in [-0.15, -0.1) is 0 Å². The molecule has 0 aromatic heterocycles. The van der Waals surface area contributed by atoms with Gasteiger partial charge in [0.25, 0.3) is 5.91 Å². The lowest BCUT2D eigenvalue weighted by molar-refractivity contribution is -0.135. The first-order valence-electron chi connectivity index (χ1n) is 10.2. The van der Waals surface area contributed by atoms with Gasteiger partial charge in [0.05, 0.1) is 5.71 Å². The van der Waals surface area contributed by atoms with Crippen LogP contribution in [0.15, 0.2) is 59.8 Å². The number of hydrogen-bond acceptors (Lipinski definition) is 5. The highest BCUT2D eigenvalue weighted by molar-refractivity contribution is 6.30. The molecule has 2 atom stereocenters. The number of likely N-dealkylation sites (N-methyl/N-ethyl adjacent to an activating group) is 1. The van der Waals surface area contributed by atoms with Gasteiger partial charge in [-0.05, 0) is 37.4 Å². The maximum Gasteiger partial charge on any atom is 0.265 e. The summed E-state index contributed by atoms with van der Waals surface area (Å²) in [6.07, 6.45) is -0.0651. The summed E-state index contributed by atoms with van der Waals surface area (Å²) >= 11 is 5.93. The molecule has 0 radical (unpaired) electrons. The van der Waals surface area contributed by atoms with Crippen LogP contribution < -0.4 is 10.6 Å². The molecule has 0 saturated heterocycles. The van der Waals surface area contributed by atoms with Gasteiger partial charge < -0.3 is 20.4 Å². The summed E-state index contributed by atoms with van der Waals surface area (Å²) in [7, 11) is 3.87. The van der Waals surface area contributed by atoms with Crippen molar-refractivity contribution in [3.05, 3.63) is 70.7 Å². The van der Waals surface area contributed by atoms with Crippen molar-refractivity contribution >= 4 is 29.1 Å². The lowest BCUT2D eigenvalue weighted by atomic mass is 10.0. The highest BCUT2D eigenvalue weighted by atomic mass is 35.5. The molecule has 2 aromatic carbocycles. The number of oxime groups is 1. The van der Waals surface area contributed by atoms with Crippen LogP contribution in [0.5, 0.6) is 0 Å². The minimum absolute atomic E-state index is 0.226. The maximum atomic E-state index is 12.8. The number of hydrogen-bond donors (Lipinski definition) is 2. The smallest absolute Gasteiger partial charge is 0.265 e. The van der Waals surface area contributed by atoms with Crippen molar-refractivity contribution < 1.29 is 14.4 Å². The zero-order chi connectivity index (χ0) is 22.2. The van der Waals surface area contributed by atoms with Gasteiger partial charge >= 0.3 is 0 Å². The Morgan fingerprint density at radius 2 is 1.87 bits per heavy atom. The first kappa shape index (κ1) is 22.8. The van der Waals surface area contributed by atoms with E-state index < -0.39 is 12.1 Å². The summed E-state index contributed by atoms with van der Waals surface area (Å²) in [6, 6.07) is 16.1. The van der Waals surface area contributed by atoms with Crippen LogP contribution >= 0.6 is 11.6 Å². The lowest BCUT2D eigenvalue weighted by Gasteiger charge is -2.20. The number of rotatable bonds is 9. The zero-order valence-corrected chi connectivity index (χ0v) is 18.4. The number of benzene rings is 2. The van der Waals surface area contributed by atoms with Crippen LogP contribution in [0.3, 0.4) is 0 Å². The summed E-state index contributed by atoms with van der Waals surface area (Å²) in [4.78, 5) is 33.0. The quantitative estimate of drug-likeness (QED) is 0.624. The molecule has 164 valence electrons. The molecule has 0 saturated carbocycles. The largest absolute Gasteiger partial charge is 0.382 e. The topological polar surface area (TPSA) is 83.0 Å². The van der Waals surface area contributed by atoms with E-state index in [2.05, 4.69) is 15.8 Å². The summed E-state index contributed by atoms with van der Waals surface area (Å²) in [5.74, 6) is -0.590.